The number of hydrogen-bond acceptors (Lipinski definition) is 6. The molecule has 0 saturated carbocycles. The topological polar surface area (TPSA) is 102 Å². The zero-order valence-corrected chi connectivity index (χ0v) is 16.0. The van der Waals surface area contributed by atoms with E-state index in [0.29, 0.717) is 12.3 Å². The van der Waals surface area contributed by atoms with Crippen LogP contribution in [0.25, 0.3) is 11.1 Å². The largest absolute Gasteiger partial charge is 0.449 e. The predicted octanol–water partition coefficient (Wildman–Crippen LogP) is 2.38. The fourth-order valence-corrected chi connectivity index (χ4v) is 2.86. The molecule has 1 aliphatic rings. The summed E-state index contributed by atoms with van der Waals surface area (Å²) in [5.74, 6) is -1.15. The molecule has 29 heavy (non-hydrogen) atoms. The molecule has 1 unspecified atom stereocenters. The number of urea groups is 1. The van der Waals surface area contributed by atoms with Crippen molar-refractivity contribution < 1.29 is 28.7 Å². The Labute approximate surface area is 167 Å². The normalized spacial score (nSPS) is 14.1. The van der Waals surface area contributed by atoms with Crippen molar-refractivity contribution in [2.45, 2.75) is 20.0 Å². The second kappa shape index (κ2) is 8.55. The molecule has 3 amide bonds. The third-order valence-corrected chi connectivity index (χ3v) is 4.32. The van der Waals surface area contributed by atoms with Crippen LogP contribution in [0.1, 0.15) is 24.2 Å². The highest BCUT2D eigenvalue weighted by molar-refractivity contribution is 5.99. The van der Waals surface area contributed by atoms with Gasteiger partial charge in [0.25, 0.3) is 5.91 Å². The van der Waals surface area contributed by atoms with Crippen LogP contribution in [0.15, 0.2) is 48.5 Å². The lowest BCUT2D eigenvalue weighted by Gasteiger charge is -2.18. The summed E-state index contributed by atoms with van der Waals surface area (Å²) < 4.78 is 10.2. The second-order valence-electron chi connectivity index (χ2n) is 6.46. The smallest absolute Gasteiger partial charge is 0.338 e. The van der Waals surface area contributed by atoms with E-state index in [9.17, 15) is 19.2 Å². The highest BCUT2D eigenvalue weighted by Crippen LogP contribution is 2.23. The standard InChI is InChI=1S/C21H20N2O6/c1-13(19(25)23-12-11-22-21(23)27)28-20(26)17-5-3-15(4-6-17)16-7-9-18(10-8-16)29-14(2)24/h3-10,13H,11-12H2,1-2H3,(H,22,27). The molecule has 3 rings (SSSR count). The van der Waals surface area contributed by atoms with Crippen LogP contribution >= 0.6 is 0 Å². The molecule has 0 aliphatic carbocycles. The Bertz CT molecular complexity index is 937. The fraction of sp³-hybridized carbons (Fsp3) is 0.238. The van der Waals surface area contributed by atoms with Crippen molar-refractivity contribution >= 4 is 23.9 Å². The summed E-state index contributed by atoms with van der Waals surface area (Å²) in [6.07, 6.45) is -1.07. The highest BCUT2D eigenvalue weighted by atomic mass is 16.5. The molecular formula is C21H20N2O6. The van der Waals surface area contributed by atoms with Crippen LogP contribution in [-0.2, 0) is 14.3 Å². The van der Waals surface area contributed by atoms with Crippen LogP contribution in [0.4, 0.5) is 4.79 Å². The summed E-state index contributed by atoms with van der Waals surface area (Å²) in [7, 11) is 0. The summed E-state index contributed by atoms with van der Waals surface area (Å²) >= 11 is 0. The molecule has 2 aromatic carbocycles. The Balaban J connectivity index is 1.63. The van der Waals surface area contributed by atoms with Gasteiger partial charge in [-0.1, -0.05) is 24.3 Å². The molecule has 150 valence electrons. The Kier molecular flexibility index (Phi) is 5.92. The minimum atomic E-state index is -1.07. The number of hydrogen-bond donors (Lipinski definition) is 1. The number of nitrogens with one attached hydrogen (secondary N) is 1. The summed E-state index contributed by atoms with van der Waals surface area (Å²) in [6, 6.07) is 13.2. The number of ether oxygens (including phenoxy) is 2. The van der Waals surface area contributed by atoms with Gasteiger partial charge in [0.1, 0.15) is 5.75 Å². The lowest BCUT2D eigenvalue weighted by atomic mass is 10.0. The first-order valence-corrected chi connectivity index (χ1v) is 9.04. The quantitative estimate of drug-likeness (QED) is 0.615. The molecule has 0 bridgehead atoms. The zero-order valence-electron chi connectivity index (χ0n) is 16.0. The lowest BCUT2D eigenvalue weighted by molar-refractivity contribution is -0.136. The van der Waals surface area contributed by atoms with Crippen LogP contribution in [0, 0.1) is 0 Å². The maximum atomic E-state index is 12.3. The van der Waals surface area contributed by atoms with E-state index in [0.717, 1.165) is 16.0 Å². The second-order valence-corrected chi connectivity index (χ2v) is 6.46. The van der Waals surface area contributed by atoms with E-state index < -0.39 is 30.0 Å². The van der Waals surface area contributed by atoms with Gasteiger partial charge in [0.15, 0.2) is 6.10 Å². The van der Waals surface area contributed by atoms with E-state index in [2.05, 4.69) is 5.32 Å². The summed E-state index contributed by atoms with van der Waals surface area (Å²) in [6.45, 7) is 3.41. The molecule has 1 saturated heterocycles. The first-order chi connectivity index (χ1) is 13.8. The molecule has 8 nitrogen and oxygen atoms in total. The molecule has 8 heteroatoms. The Morgan fingerprint density at radius 1 is 1.00 bits per heavy atom. The summed E-state index contributed by atoms with van der Waals surface area (Å²) in [5.41, 5.74) is 2.02. The van der Waals surface area contributed by atoms with E-state index >= 15 is 0 Å². The number of imide groups is 1. The Hall–Kier alpha value is -3.68. The Morgan fingerprint density at radius 2 is 1.59 bits per heavy atom. The number of esters is 2. The van der Waals surface area contributed by atoms with E-state index in [1.807, 2.05) is 0 Å². The first-order valence-electron chi connectivity index (χ1n) is 9.04. The van der Waals surface area contributed by atoms with Crippen molar-refractivity contribution in [1.82, 2.24) is 10.2 Å². The maximum Gasteiger partial charge on any atom is 0.338 e. The average molecular weight is 396 g/mol. The molecule has 1 heterocycles. The minimum absolute atomic E-state index is 0.254. The molecule has 1 aliphatic heterocycles. The van der Waals surface area contributed by atoms with Gasteiger partial charge in [0, 0.05) is 20.0 Å². The minimum Gasteiger partial charge on any atom is -0.449 e. The highest BCUT2D eigenvalue weighted by Gasteiger charge is 2.31. The number of amides is 3. The van der Waals surface area contributed by atoms with Crippen molar-refractivity contribution in [1.29, 1.82) is 0 Å². The van der Waals surface area contributed by atoms with Gasteiger partial charge in [-0.25, -0.2) is 9.59 Å². The molecule has 1 N–H and O–H groups in total. The molecule has 0 radical (unpaired) electrons. The number of carbonyl (C=O) groups excluding carboxylic acids is 4. The van der Waals surface area contributed by atoms with Crippen molar-refractivity contribution in [3.8, 4) is 16.9 Å². The molecule has 2 aromatic rings. The number of rotatable bonds is 5. The third-order valence-electron chi connectivity index (χ3n) is 4.32. The van der Waals surface area contributed by atoms with Crippen LogP contribution in [0.5, 0.6) is 5.75 Å². The van der Waals surface area contributed by atoms with Gasteiger partial charge in [0.2, 0.25) is 0 Å². The van der Waals surface area contributed by atoms with Gasteiger partial charge >= 0.3 is 18.0 Å². The van der Waals surface area contributed by atoms with Crippen LogP contribution in [0.3, 0.4) is 0 Å². The Morgan fingerprint density at radius 3 is 2.10 bits per heavy atom. The van der Waals surface area contributed by atoms with Crippen LogP contribution in [0.2, 0.25) is 0 Å². The third kappa shape index (κ3) is 4.78. The maximum absolute atomic E-state index is 12.3. The predicted molar refractivity (Wildman–Crippen MR) is 103 cm³/mol. The van der Waals surface area contributed by atoms with Gasteiger partial charge in [-0.15, -0.1) is 0 Å². The van der Waals surface area contributed by atoms with Gasteiger partial charge in [0.05, 0.1) is 5.56 Å². The number of carbonyl (C=O) groups is 4. The van der Waals surface area contributed by atoms with Crippen molar-refractivity contribution in [2.24, 2.45) is 0 Å². The van der Waals surface area contributed by atoms with Crippen LogP contribution < -0.4 is 10.1 Å². The van der Waals surface area contributed by atoms with Crippen LogP contribution in [-0.4, -0.2) is 48.0 Å². The molecular weight excluding hydrogens is 376 g/mol. The molecule has 1 fully saturated rings. The molecule has 0 spiro atoms. The van der Waals surface area contributed by atoms with E-state index in [4.69, 9.17) is 9.47 Å². The SMILES string of the molecule is CC(=O)Oc1ccc(-c2ccc(C(=O)OC(C)C(=O)N3CCNC3=O)cc2)cc1. The fourth-order valence-electron chi connectivity index (χ4n) is 2.86. The van der Waals surface area contributed by atoms with E-state index in [1.165, 1.54) is 13.8 Å². The summed E-state index contributed by atoms with van der Waals surface area (Å²) in [4.78, 5) is 48.1. The molecule has 0 aromatic heterocycles. The van der Waals surface area contributed by atoms with E-state index in [1.54, 1.807) is 48.5 Å². The van der Waals surface area contributed by atoms with E-state index in [-0.39, 0.29) is 12.1 Å². The van der Waals surface area contributed by atoms with Gasteiger partial charge < -0.3 is 14.8 Å². The van der Waals surface area contributed by atoms with Gasteiger partial charge in [-0.2, -0.15) is 0 Å². The monoisotopic (exact) mass is 396 g/mol. The average Bonchev–Trinajstić information content (AvgIpc) is 3.13. The van der Waals surface area contributed by atoms with Crippen molar-refractivity contribution in [3.05, 3.63) is 54.1 Å². The first kappa shape index (κ1) is 20.1. The van der Waals surface area contributed by atoms with Gasteiger partial charge in [-0.05, 0) is 42.3 Å². The lowest BCUT2D eigenvalue weighted by Crippen LogP contribution is -2.41. The zero-order chi connectivity index (χ0) is 21.0. The number of benzene rings is 2. The van der Waals surface area contributed by atoms with Gasteiger partial charge in [-0.3, -0.25) is 14.5 Å². The van der Waals surface area contributed by atoms with Crippen molar-refractivity contribution in [2.75, 3.05) is 13.1 Å². The number of nitrogens with zero attached hydrogens (tertiary/aromatic N) is 1. The van der Waals surface area contributed by atoms with Crippen molar-refractivity contribution in [3.63, 3.8) is 0 Å². The summed E-state index contributed by atoms with van der Waals surface area (Å²) in [5, 5.41) is 2.53. The molecule has 1 atom stereocenters.